The van der Waals surface area contributed by atoms with Crippen molar-refractivity contribution in [1.29, 1.82) is 0 Å². The van der Waals surface area contributed by atoms with Gasteiger partial charge in [0.2, 0.25) is 0 Å². The van der Waals surface area contributed by atoms with Crippen molar-refractivity contribution < 1.29 is 19.4 Å². The van der Waals surface area contributed by atoms with E-state index in [2.05, 4.69) is 5.32 Å². The Morgan fingerprint density at radius 1 is 1.42 bits per heavy atom. The molecule has 6 heteroatoms. The van der Waals surface area contributed by atoms with Gasteiger partial charge < -0.3 is 20.1 Å². The van der Waals surface area contributed by atoms with Crippen LogP contribution in [0.5, 0.6) is 0 Å². The van der Waals surface area contributed by atoms with Gasteiger partial charge in [0, 0.05) is 39.5 Å². The number of ether oxygens (including phenoxy) is 1. The molecule has 0 bridgehead atoms. The monoisotopic (exact) mass is 272 g/mol. The van der Waals surface area contributed by atoms with Crippen molar-refractivity contribution in [3.05, 3.63) is 0 Å². The van der Waals surface area contributed by atoms with E-state index in [0.29, 0.717) is 32.5 Å². The maximum atomic E-state index is 12.0. The quantitative estimate of drug-likeness (QED) is 0.523. The van der Waals surface area contributed by atoms with Crippen LogP contribution < -0.4 is 5.32 Å². The second-order valence-corrected chi connectivity index (χ2v) is 4.76. The van der Waals surface area contributed by atoms with Crippen molar-refractivity contribution in [2.75, 3.05) is 33.4 Å². The fourth-order valence-corrected chi connectivity index (χ4v) is 2.34. The highest BCUT2D eigenvalue weighted by Crippen LogP contribution is 2.19. The number of nitrogens with one attached hydrogen (secondary N) is 1. The Balaban J connectivity index is 2.42. The molecule has 0 aromatic heterocycles. The van der Waals surface area contributed by atoms with Crippen LogP contribution in [0.3, 0.4) is 0 Å². The minimum absolute atomic E-state index is 0.00373. The average Bonchev–Trinajstić information content (AvgIpc) is 2.43. The van der Waals surface area contributed by atoms with Gasteiger partial charge in [-0.15, -0.1) is 0 Å². The summed E-state index contributed by atoms with van der Waals surface area (Å²) in [6.45, 7) is 1.65. The van der Waals surface area contributed by atoms with Gasteiger partial charge in [-0.1, -0.05) is 0 Å². The molecule has 0 spiro atoms. The Kier molecular flexibility index (Phi) is 7.43. The van der Waals surface area contributed by atoms with Crippen LogP contribution in [0.25, 0.3) is 0 Å². The summed E-state index contributed by atoms with van der Waals surface area (Å²) >= 11 is 0. The summed E-state index contributed by atoms with van der Waals surface area (Å²) < 4.78 is 4.88. The Labute approximate surface area is 114 Å². The molecular weight excluding hydrogens is 248 g/mol. The third kappa shape index (κ3) is 5.16. The van der Waals surface area contributed by atoms with Gasteiger partial charge in [-0.2, -0.15) is 0 Å². The van der Waals surface area contributed by atoms with Crippen molar-refractivity contribution in [3.63, 3.8) is 0 Å². The number of aliphatic hydroxyl groups is 1. The first-order valence-electron chi connectivity index (χ1n) is 6.89. The van der Waals surface area contributed by atoms with Crippen molar-refractivity contribution in [3.8, 4) is 0 Å². The summed E-state index contributed by atoms with van der Waals surface area (Å²) in [4.78, 5) is 25.4. The number of rotatable bonds is 6. The molecule has 0 aromatic carbocycles. The number of nitrogens with zero attached hydrogens (tertiary/aromatic N) is 1. The van der Waals surface area contributed by atoms with Gasteiger partial charge in [0.1, 0.15) is 0 Å². The fraction of sp³-hybridized carbons (Fsp3) is 0.846. The summed E-state index contributed by atoms with van der Waals surface area (Å²) in [5, 5.41) is 11.6. The molecule has 1 rings (SSSR count). The van der Waals surface area contributed by atoms with Gasteiger partial charge in [-0.25, -0.2) is 0 Å². The van der Waals surface area contributed by atoms with E-state index in [1.54, 1.807) is 12.0 Å². The molecule has 1 unspecified atom stereocenters. The van der Waals surface area contributed by atoms with Crippen LogP contribution in [0.15, 0.2) is 0 Å². The number of hydrogen-bond donors (Lipinski definition) is 2. The molecule has 19 heavy (non-hydrogen) atoms. The van der Waals surface area contributed by atoms with Crippen molar-refractivity contribution in [2.45, 2.75) is 38.1 Å². The molecule has 1 atom stereocenters. The number of methoxy groups -OCH3 is 1. The summed E-state index contributed by atoms with van der Waals surface area (Å²) in [6.07, 6.45) is 4.07. The highest BCUT2D eigenvalue weighted by Gasteiger charge is 2.29. The number of piperidine rings is 1. The maximum Gasteiger partial charge on any atom is 0.312 e. The lowest BCUT2D eigenvalue weighted by atomic mass is 9.99. The second-order valence-electron chi connectivity index (χ2n) is 4.76. The molecule has 0 aromatic rings. The van der Waals surface area contributed by atoms with Gasteiger partial charge in [-0.3, -0.25) is 9.59 Å². The van der Waals surface area contributed by atoms with Gasteiger partial charge in [0.15, 0.2) is 0 Å². The van der Waals surface area contributed by atoms with Gasteiger partial charge in [0.05, 0.1) is 0 Å². The molecule has 1 aliphatic rings. The minimum atomic E-state index is -0.555. The number of carbonyl (C=O) groups is 2. The van der Waals surface area contributed by atoms with Crippen LogP contribution in [-0.4, -0.2) is 61.3 Å². The van der Waals surface area contributed by atoms with E-state index in [1.165, 1.54) is 0 Å². The zero-order valence-electron chi connectivity index (χ0n) is 11.6. The number of carbonyl (C=O) groups excluding carboxylic acids is 2. The molecule has 1 saturated heterocycles. The maximum absolute atomic E-state index is 12.0. The summed E-state index contributed by atoms with van der Waals surface area (Å²) in [7, 11) is 1.60. The van der Waals surface area contributed by atoms with Crippen LogP contribution in [0, 0.1) is 0 Å². The third-order valence-corrected chi connectivity index (χ3v) is 3.36. The minimum Gasteiger partial charge on any atom is -0.396 e. The van der Waals surface area contributed by atoms with Gasteiger partial charge >= 0.3 is 11.8 Å². The van der Waals surface area contributed by atoms with E-state index in [9.17, 15) is 9.59 Å². The van der Waals surface area contributed by atoms with Crippen LogP contribution in [0.1, 0.15) is 32.1 Å². The summed E-state index contributed by atoms with van der Waals surface area (Å²) in [6, 6.07) is -0.00373. The largest absolute Gasteiger partial charge is 0.396 e. The van der Waals surface area contributed by atoms with Crippen molar-refractivity contribution >= 4 is 11.8 Å². The Hall–Kier alpha value is -1.14. The smallest absolute Gasteiger partial charge is 0.312 e. The van der Waals surface area contributed by atoms with Gasteiger partial charge in [0.25, 0.3) is 0 Å². The van der Waals surface area contributed by atoms with Crippen molar-refractivity contribution in [2.24, 2.45) is 0 Å². The number of aliphatic hydroxyl groups excluding tert-OH is 1. The Bertz CT molecular complexity index is 294. The standard InChI is InChI=1S/C13H24N2O4/c1-19-10-4-7-14-12(17)13(18)15-8-3-2-5-11(15)6-9-16/h11,16H,2-10H2,1H3,(H,14,17). The first kappa shape index (κ1) is 15.9. The molecule has 1 fully saturated rings. The number of likely N-dealkylation sites (tertiary alicyclic amines) is 1. The van der Waals surface area contributed by atoms with E-state index < -0.39 is 11.8 Å². The predicted molar refractivity (Wildman–Crippen MR) is 70.6 cm³/mol. The molecule has 0 saturated carbocycles. The summed E-state index contributed by atoms with van der Waals surface area (Å²) in [5.74, 6) is -1.03. The second kappa shape index (κ2) is 8.87. The molecule has 110 valence electrons. The highest BCUT2D eigenvalue weighted by atomic mass is 16.5. The van der Waals surface area contributed by atoms with Gasteiger partial charge in [-0.05, 0) is 32.1 Å². The molecular formula is C13H24N2O4. The first-order valence-corrected chi connectivity index (χ1v) is 6.89. The molecule has 0 aliphatic carbocycles. The molecule has 1 heterocycles. The first-order chi connectivity index (χ1) is 9.20. The molecule has 0 radical (unpaired) electrons. The highest BCUT2D eigenvalue weighted by molar-refractivity contribution is 6.35. The van der Waals surface area contributed by atoms with E-state index >= 15 is 0 Å². The van der Waals surface area contributed by atoms with E-state index in [0.717, 1.165) is 19.3 Å². The van der Waals surface area contributed by atoms with Crippen molar-refractivity contribution in [1.82, 2.24) is 10.2 Å². The van der Waals surface area contributed by atoms with E-state index in [4.69, 9.17) is 9.84 Å². The zero-order valence-corrected chi connectivity index (χ0v) is 11.6. The molecule has 6 nitrogen and oxygen atoms in total. The lowest BCUT2D eigenvalue weighted by Crippen LogP contribution is -2.50. The molecule has 1 aliphatic heterocycles. The van der Waals surface area contributed by atoms with E-state index in [-0.39, 0.29) is 12.6 Å². The van der Waals surface area contributed by atoms with Crippen LogP contribution in [0.2, 0.25) is 0 Å². The molecule has 2 amide bonds. The normalized spacial score (nSPS) is 19.3. The Morgan fingerprint density at radius 3 is 2.89 bits per heavy atom. The van der Waals surface area contributed by atoms with Crippen LogP contribution in [-0.2, 0) is 14.3 Å². The topological polar surface area (TPSA) is 78.9 Å². The van der Waals surface area contributed by atoms with Crippen LogP contribution in [0.4, 0.5) is 0 Å². The predicted octanol–water partition coefficient (Wildman–Crippen LogP) is -0.0974. The lowest BCUT2D eigenvalue weighted by Gasteiger charge is -2.35. The Morgan fingerprint density at radius 2 is 2.21 bits per heavy atom. The third-order valence-electron chi connectivity index (χ3n) is 3.36. The summed E-state index contributed by atoms with van der Waals surface area (Å²) in [5.41, 5.74) is 0. The number of hydrogen-bond acceptors (Lipinski definition) is 4. The SMILES string of the molecule is COCCCNC(=O)C(=O)N1CCCCC1CCO. The molecule has 2 N–H and O–H groups in total. The van der Waals surface area contributed by atoms with E-state index in [1.807, 2.05) is 0 Å². The average molecular weight is 272 g/mol. The number of amides is 2. The fourth-order valence-electron chi connectivity index (χ4n) is 2.34. The lowest BCUT2D eigenvalue weighted by molar-refractivity contribution is -0.148. The zero-order chi connectivity index (χ0) is 14.1. The van der Waals surface area contributed by atoms with Crippen LogP contribution >= 0.6 is 0 Å².